The van der Waals surface area contributed by atoms with Crippen molar-refractivity contribution in [3.05, 3.63) is 35.9 Å². The maximum absolute atomic E-state index is 12.5. The van der Waals surface area contributed by atoms with Crippen LogP contribution >= 0.6 is 0 Å². The van der Waals surface area contributed by atoms with Gasteiger partial charge >= 0.3 is 6.09 Å². The Morgan fingerprint density at radius 3 is 2.50 bits per heavy atom. The number of nitrogens with zero attached hydrogens (tertiary/aromatic N) is 1. The summed E-state index contributed by atoms with van der Waals surface area (Å²) in [5.41, 5.74) is 0.534. The lowest BCUT2D eigenvalue weighted by Gasteiger charge is -2.32. The van der Waals surface area contributed by atoms with E-state index in [0.717, 1.165) is 24.9 Å². The van der Waals surface area contributed by atoms with Gasteiger partial charge in [-0.2, -0.15) is 0 Å². The van der Waals surface area contributed by atoms with E-state index in [4.69, 9.17) is 4.74 Å². The predicted octanol–water partition coefficient (Wildman–Crippen LogP) is 2.61. The third-order valence-electron chi connectivity index (χ3n) is 5.30. The van der Waals surface area contributed by atoms with Crippen molar-refractivity contribution in [2.24, 2.45) is 5.92 Å². The first-order valence-corrected chi connectivity index (χ1v) is 11.5. The number of hydrogen-bond acceptors (Lipinski definition) is 5. The van der Waals surface area contributed by atoms with Gasteiger partial charge < -0.3 is 25.6 Å². The van der Waals surface area contributed by atoms with Crippen LogP contribution in [-0.4, -0.2) is 61.1 Å². The van der Waals surface area contributed by atoms with E-state index in [-0.39, 0.29) is 23.8 Å². The lowest BCUT2D eigenvalue weighted by molar-refractivity contribution is -0.126. The highest BCUT2D eigenvalue weighted by molar-refractivity contribution is 5.79. The molecule has 1 heterocycles. The van der Waals surface area contributed by atoms with Crippen LogP contribution in [0, 0.1) is 5.92 Å². The van der Waals surface area contributed by atoms with Gasteiger partial charge in [-0.05, 0) is 52.6 Å². The molecule has 0 radical (unpaired) electrons. The van der Waals surface area contributed by atoms with Gasteiger partial charge in [0, 0.05) is 32.6 Å². The standard InChI is InChI=1S/C24H38N4O4/c1-18(19-9-6-5-7-10-19)27-21(29)12-16-28-15-8-11-20(17-28)22(30)25-13-14-26-23(31)32-24(2,3)4/h5-7,9-10,18,20H,8,11-17H2,1-4H3,(H,25,30)(H,26,31)(H,27,29). The van der Waals surface area contributed by atoms with Gasteiger partial charge in [0.1, 0.15) is 5.60 Å². The summed E-state index contributed by atoms with van der Waals surface area (Å²) < 4.78 is 5.17. The molecule has 0 bridgehead atoms. The molecule has 3 N–H and O–H groups in total. The van der Waals surface area contributed by atoms with Crippen LogP contribution in [0.5, 0.6) is 0 Å². The minimum atomic E-state index is -0.546. The van der Waals surface area contributed by atoms with Crippen molar-refractivity contribution in [3.8, 4) is 0 Å². The summed E-state index contributed by atoms with van der Waals surface area (Å²) in [6.07, 6.45) is 1.68. The molecule has 0 aliphatic carbocycles. The lowest BCUT2D eigenvalue weighted by atomic mass is 9.97. The fourth-order valence-corrected chi connectivity index (χ4v) is 3.68. The summed E-state index contributed by atoms with van der Waals surface area (Å²) in [6, 6.07) is 9.86. The number of likely N-dealkylation sites (tertiary alicyclic amines) is 1. The molecule has 3 amide bonds. The molecular formula is C24H38N4O4. The fourth-order valence-electron chi connectivity index (χ4n) is 3.68. The number of alkyl carbamates (subject to hydrolysis) is 1. The van der Waals surface area contributed by atoms with Crippen molar-refractivity contribution in [2.75, 3.05) is 32.7 Å². The maximum atomic E-state index is 12.5. The molecular weight excluding hydrogens is 408 g/mol. The Hall–Kier alpha value is -2.61. The number of amides is 3. The Bertz CT molecular complexity index is 748. The topological polar surface area (TPSA) is 99.8 Å². The third-order valence-corrected chi connectivity index (χ3v) is 5.30. The van der Waals surface area contributed by atoms with Crippen molar-refractivity contribution in [2.45, 2.75) is 58.6 Å². The van der Waals surface area contributed by atoms with E-state index in [1.165, 1.54) is 0 Å². The number of nitrogens with one attached hydrogen (secondary N) is 3. The van der Waals surface area contributed by atoms with Crippen LogP contribution in [0.2, 0.25) is 0 Å². The first-order chi connectivity index (χ1) is 15.1. The predicted molar refractivity (Wildman–Crippen MR) is 124 cm³/mol. The molecule has 1 fully saturated rings. The summed E-state index contributed by atoms with van der Waals surface area (Å²) in [7, 11) is 0. The highest BCUT2D eigenvalue weighted by Gasteiger charge is 2.26. The second kappa shape index (κ2) is 12.4. The minimum absolute atomic E-state index is 0.0113. The van der Waals surface area contributed by atoms with Crippen molar-refractivity contribution in [1.82, 2.24) is 20.9 Å². The van der Waals surface area contributed by atoms with E-state index in [0.29, 0.717) is 32.6 Å². The SMILES string of the molecule is CC(NC(=O)CCN1CCCC(C(=O)NCCNC(=O)OC(C)(C)C)C1)c1ccccc1. The quantitative estimate of drug-likeness (QED) is 0.507. The van der Waals surface area contributed by atoms with Gasteiger partial charge in [0.25, 0.3) is 0 Å². The third kappa shape index (κ3) is 9.68. The summed E-state index contributed by atoms with van der Waals surface area (Å²) in [4.78, 5) is 38.7. The van der Waals surface area contributed by atoms with Crippen LogP contribution in [0.4, 0.5) is 4.79 Å². The molecule has 1 aliphatic rings. The van der Waals surface area contributed by atoms with Crippen molar-refractivity contribution < 1.29 is 19.1 Å². The molecule has 1 aliphatic heterocycles. The van der Waals surface area contributed by atoms with Crippen molar-refractivity contribution >= 4 is 17.9 Å². The van der Waals surface area contributed by atoms with Crippen molar-refractivity contribution in [1.29, 1.82) is 0 Å². The summed E-state index contributed by atoms with van der Waals surface area (Å²) in [5.74, 6) is -0.0967. The van der Waals surface area contributed by atoms with Crippen LogP contribution in [0.15, 0.2) is 30.3 Å². The highest BCUT2D eigenvalue weighted by atomic mass is 16.6. The monoisotopic (exact) mass is 446 g/mol. The van der Waals surface area contributed by atoms with Crippen molar-refractivity contribution in [3.63, 3.8) is 0 Å². The zero-order valence-electron chi connectivity index (χ0n) is 19.8. The molecule has 0 saturated carbocycles. The number of piperidine rings is 1. The molecule has 1 aromatic rings. The smallest absolute Gasteiger partial charge is 0.407 e. The molecule has 32 heavy (non-hydrogen) atoms. The van der Waals surface area contributed by atoms with Crippen LogP contribution in [0.3, 0.4) is 0 Å². The van der Waals surface area contributed by atoms with Crippen LogP contribution < -0.4 is 16.0 Å². The number of hydrogen-bond donors (Lipinski definition) is 3. The second-order valence-electron chi connectivity index (χ2n) is 9.31. The zero-order valence-corrected chi connectivity index (χ0v) is 19.8. The Morgan fingerprint density at radius 2 is 1.81 bits per heavy atom. The summed E-state index contributed by atoms with van der Waals surface area (Å²) in [5, 5.41) is 8.56. The molecule has 2 unspecified atom stereocenters. The minimum Gasteiger partial charge on any atom is -0.444 e. The van der Waals surface area contributed by atoms with Crippen LogP contribution in [0.1, 0.15) is 58.6 Å². The summed E-state index contributed by atoms with van der Waals surface area (Å²) in [6.45, 7) is 10.2. The van der Waals surface area contributed by atoms with E-state index in [2.05, 4.69) is 20.9 Å². The Balaban J connectivity index is 1.65. The van der Waals surface area contributed by atoms with Gasteiger partial charge in [0.15, 0.2) is 0 Å². The van der Waals surface area contributed by atoms with E-state index >= 15 is 0 Å². The molecule has 8 heteroatoms. The van der Waals surface area contributed by atoms with Gasteiger partial charge in [-0.3, -0.25) is 9.59 Å². The number of rotatable bonds is 9. The normalized spacial score (nSPS) is 17.8. The molecule has 0 aromatic heterocycles. The molecule has 1 aromatic carbocycles. The maximum Gasteiger partial charge on any atom is 0.407 e. The number of carbonyl (C=O) groups is 3. The highest BCUT2D eigenvalue weighted by Crippen LogP contribution is 2.17. The van der Waals surface area contributed by atoms with E-state index in [9.17, 15) is 14.4 Å². The molecule has 178 valence electrons. The number of ether oxygens (including phenoxy) is 1. The van der Waals surface area contributed by atoms with Gasteiger partial charge in [-0.15, -0.1) is 0 Å². The Labute approximate surface area is 191 Å². The Kier molecular flexibility index (Phi) is 9.97. The summed E-state index contributed by atoms with van der Waals surface area (Å²) >= 11 is 0. The Morgan fingerprint density at radius 1 is 1.12 bits per heavy atom. The fraction of sp³-hybridized carbons (Fsp3) is 0.625. The largest absolute Gasteiger partial charge is 0.444 e. The zero-order chi connectivity index (χ0) is 23.6. The second-order valence-corrected chi connectivity index (χ2v) is 9.31. The molecule has 2 atom stereocenters. The van der Waals surface area contributed by atoms with E-state index in [1.807, 2.05) is 37.3 Å². The van der Waals surface area contributed by atoms with Crippen LogP contribution in [-0.2, 0) is 14.3 Å². The lowest BCUT2D eigenvalue weighted by Crippen LogP contribution is -2.45. The van der Waals surface area contributed by atoms with Gasteiger partial charge in [0.2, 0.25) is 11.8 Å². The van der Waals surface area contributed by atoms with Gasteiger partial charge in [0.05, 0.1) is 12.0 Å². The number of benzene rings is 1. The average Bonchev–Trinajstić information content (AvgIpc) is 2.74. The number of carbonyl (C=O) groups excluding carboxylic acids is 3. The average molecular weight is 447 g/mol. The molecule has 8 nitrogen and oxygen atoms in total. The molecule has 1 saturated heterocycles. The van der Waals surface area contributed by atoms with E-state index in [1.54, 1.807) is 20.8 Å². The van der Waals surface area contributed by atoms with Gasteiger partial charge in [-0.1, -0.05) is 30.3 Å². The van der Waals surface area contributed by atoms with Crippen LogP contribution in [0.25, 0.3) is 0 Å². The van der Waals surface area contributed by atoms with E-state index < -0.39 is 11.7 Å². The first kappa shape index (κ1) is 25.6. The van der Waals surface area contributed by atoms with Gasteiger partial charge in [-0.25, -0.2) is 4.79 Å². The molecule has 2 rings (SSSR count). The first-order valence-electron chi connectivity index (χ1n) is 11.5. The molecule has 0 spiro atoms.